The van der Waals surface area contributed by atoms with E-state index in [0.717, 1.165) is 32.4 Å². The molecule has 0 unspecified atom stereocenters. The molecule has 1 saturated heterocycles. The fraction of sp³-hybridized carbons (Fsp3) is 0.789. The smallest absolute Gasteiger partial charge is 0.311 e. The van der Waals surface area contributed by atoms with E-state index in [0.29, 0.717) is 18.4 Å². The van der Waals surface area contributed by atoms with E-state index in [1.54, 1.807) is 0 Å². The minimum atomic E-state index is -0.578. The Labute approximate surface area is 144 Å². The highest BCUT2D eigenvalue weighted by molar-refractivity contribution is 5.76. The lowest BCUT2D eigenvalue weighted by atomic mass is 9.81. The van der Waals surface area contributed by atoms with Gasteiger partial charge in [-0.25, -0.2) is 0 Å². The van der Waals surface area contributed by atoms with Gasteiger partial charge in [0.1, 0.15) is 0 Å². The van der Waals surface area contributed by atoms with Crippen LogP contribution < -0.4 is 0 Å². The number of likely N-dealkylation sites (tertiary alicyclic amines) is 1. The Balaban J connectivity index is 1.51. The van der Waals surface area contributed by atoms with Gasteiger partial charge >= 0.3 is 5.97 Å². The van der Waals surface area contributed by atoms with Gasteiger partial charge in [-0.3, -0.25) is 14.4 Å². The quantitative estimate of drug-likeness (QED) is 0.921. The van der Waals surface area contributed by atoms with E-state index in [1.165, 1.54) is 43.4 Å². The average molecular weight is 331 g/mol. The number of carboxylic acids is 1. The second-order valence-corrected chi connectivity index (χ2v) is 8.27. The van der Waals surface area contributed by atoms with Crippen LogP contribution in [0.15, 0.2) is 6.20 Å². The van der Waals surface area contributed by atoms with Crippen LogP contribution in [0, 0.1) is 11.3 Å². The van der Waals surface area contributed by atoms with Gasteiger partial charge in [0.2, 0.25) is 0 Å². The average Bonchev–Trinajstić information content (AvgIpc) is 3.21. The summed E-state index contributed by atoms with van der Waals surface area (Å²) in [5.41, 5.74) is 2.12. The summed E-state index contributed by atoms with van der Waals surface area (Å²) in [6.07, 6.45) is 11.7. The number of aliphatic carboxylic acids is 1. The molecule has 1 N–H and O–H groups in total. The Bertz CT molecular complexity index is 620. The number of hydrogen-bond acceptors (Lipinski definition) is 3. The predicted octanol–water partition coefficient (Wildman–Crippen LogP) is 3.15. The van der Waals surface area contributed by atoms with Gasteiger partial charge < -0.3 is 5.11 Å². The van der Waals surface area contributed by atoms with Gasteiger partial charge in [0.05, 0.1) is 11.1 Å². The Morgan fingerprint density at radius 2 is 2.08 bits per heavy atom. The van der Waals surface area contributed by atoms with E-state index in [9.17, 15) is 9.90 Å². The summed E-state index contributed by atoms with van der Waals surface area (Å²) in [4.78, 5) is 14.3. The molecule has 2 saturated carbocycles. The Morgan fingerprint density at radius 3 is 2.79 bits per heavy atom. The van der Waals surface area contributed by atoms with E-state index in [1.807, 2.05) is 11.7 Å². The molecule has 0 aromatic carbocycles. The highest BCUT2D eigenvalue weighted by atomic mass is 16.4. The molecule has 0 amide bonds. The number of carbonyl (C=O) groups is 1. The number of hydrogen-bond donors (Lipinski definition) is 1. The molecule has 24 heavy (non-hydrogen) atoms. The molecule has 5 heteroatoms. The Morgan fingerprint density at radius 1 is 1.29 bits per heavy atom. The van der Waals surface area contributed by atoms with Gasteiger partial charge in [0.25, 0.3) is 0 Å². The highest BCUT2D eigenvalue weighted by Crippen LogP contribution is 2.49. The first-order valence-electron chi connectivity index (χ1n) is 9.57. The summed E-state index contributed by atoms with van der Waals surface area (Å²) in [7, 11) is 2.01. The molecular formula is C19H29N3O2. The van der Waals surface area contributed by atoms with Crippen molar-refractivity contribution in [3.63, 3.8) is 0 Å². The van der Waals surface area contributed by atoms with Crippen LogP contribution in [-0.2, 0) is 18.4 Å². The van der Waals surface area contributed by atoms with Crippen LogP contribution in [-0.4, -0.2) is 38.8 Å². The number of nitrogens with zero attached hydrogens (tertiary/aromatic N) is 3. The second kappa shape index (κ2) is 6.17. The molecule has 0 spiro atoms. The standard InChI is InChI=1S/C19H29N3O2/c1-21-10-15(17(20-21)14-6-3-2-4-7-14)11-22-12-16-8-5-9-19(16,13-22)18(23)24/h10,14,16H,2-9,11-13H2,1H3,(H,23,24)/t16-,19+/m0/s1. The van der Waals surface area contributed by atoms with Crippen molar-refractivity contribution in [2.45, 2.75) is 63.8 Å². The first-order chi connectivity index (χ1) is 11.6. The van der Waals surface area contributed by atoms with Crippen LogP contribution in [0.5, 0.6) is 0 Å². The van der Waals surface area contributed by atoms with Crippen LogP contribution in [0.2, 0.25) is 0 Å². The Kier molecular flexibility index (Phi) is 4.15. The van der Waals surface area contributed by atoms with Crippen molar-refractivity contribution in [1.82, 2.24) is 14.7 Å². The second-order valence-electron chi connectivity index (χ2n) is 8.27. The van der Waals surface area contributed by atoms with E-state index in [-0.39, 0.29) is 0 Å². The van der Waals surface area contributed by atoms with Gasteiger partial charge in [-0.2, -0.15) is 5.10 Å². The molecule has 3 fully saturated rings. The van der Waals surface area contributed by atoms with E-state index >= 15 is 0 Å². The van der Waals surface area contributed by atoms with Crippen LogP contribution in [0.25, 0.3) is 0 Å². The lowest BCUT2D eigenvalue weighted by Crippen LogP contribution is -2.35. The maximum Gasteiger partial charge on any atom is 0.311 e. The van der Waals surface area contributed by atoms with E-state index in [4.69, 9.17) is 5.10 Å². The zero-order valence-electron chi connectivity index (χ0n) is 14.7. The van der Waals surface area contributed by atoms with E-state index in [2.05, 4.69) is 11.1 Å². The highest BCUT2D eigenvalue weighted by Gasteiger charge is 2.54. The molecule has 1 aromatic heterocycles. The molecular weight excluding hydrogens is 302 g/mol. The zero-order chi connectivity index (χ0) is 16.7. The van der Waals surface area contributed by atoms with Crippen molar-refractivity contribution in [3.05, 3.63) is 17.5 Å². The summed E-state index contributed by atoms with van der Waals surface area (Å²) >= 11 is 0. The Hall–Kier alpha value is -1.36. The molecule has 2 atom stereocenters. The summed E-state index contributed by atoms with van der Waals surface area (Å²) in [6, 6.07) is 0. The molecule has 3 aliphatic rings. The third-order valence-corrected chi connectivity index (χ3v) is 6.69. The molecule has 1 aliphatic heterocycles. The maximum atomic E-state index is 11.9. The van der Waals surface area contributed by atoms with Crippen LogP contribution >= 0.6 is 0 Å². The monoisotopic (exact) mass is 331 g/mol. The minimum Gasteiger partial charge on any atom is -0.481 e. The van der Waals surface area contributed by atoms with Crippen LogP contribution in [0.3, 0.4) is 0 Å². The van der Waals surface area contributed by atoms with E-state index < -0.39 is 11.4 Å². The van der Waals surface area contributed by atoms with Gasteiger partial charge in [-0.1, -0.05) is 25.7 Å². The molecule has 5 nitrogen and oxygen atoms in total. The summed E-state index contributed by atoms with van der Waals surface area (Å²) in [5, 5.41) is 14.6. The summed E-state index contributed by atoms with van der Waals surface area (Å²) in [5.74, 6) is 0.362. The number of rotatable bonds is 4. The third kappa shape index (κ3) is 2.67. The van der Waals surface area contributed by atoms with Crippen molar-refractivity contribution < 1.29 is 9.90 Å². The van der Waals surface area contributed by atoms with Gasteiger partial charge in [-0.15, -0.1) is 0 Å². The molecule has 0 radical (unpaired) electrons. The molecule has 132 valence electrons. The number of fused-ring (bicyclic) bond motifs is 1. The predicted molar refractivity (Wildman–Crippen MR) is 91.7 cm³/mol. The lowest BCUT2D eigenvalue weighted by Gasteiger charge is -2.24. The van der Waals surface area contributed by atoms with Crippen LogP contribution in [0.1, 0.15) is 68.5 Å². The van der Waals surface area contributed by atoms with Gasteiger partial charge in [0.15, 0.2) is 0 Å². The van der Waals surface area contributed by atoms with Crippen molar-refractivity contribution >= 4 is 5.97 Å². The first kappa shape index (κ1) is 16.1. The minimum absolute atomic E-state index is 0.338. The van der Waals surface area contributed by atoms with Crippen molar-refractivity contribution in [2.75, 3.05) is 13.1 Å². The molecule has 2 heterocycles. The molecule has 0 bridgehead atoms. The van der Waals surface area contributed by atoms with Gasteiger partial charge in [0, 0.05) is 44.4 Å². The lowest BCUT2D eigenvalue weighted by molar-refractivity contribution is -0.149. The normalized spacial score (nSPS) is 31.5. The fourth-order valence-corrected chi connectivity index (χ4v) is 5.50. The topological polar surface area (TPSA) is 58.4 Å². The number of aromatic nitrogens is 2. The fourth-order valence-electron chi connectivity index (χ4n) is 5.50. The summed E-state index contributed by atoms with van der Waals surface area (Å²) < 4.78 is 1.95. The SMILES string of the molecule is Cn1cc(CN2C[C@@H]3CCC[C@@]3(C(=O)O)C2)c(C2CCCCC2)n1. The zero-order valence-corrected chi connectivity index (χ0v) is 14.7. The van der Waals surface area contributed by atoms with Crippen molar-refractivity contribution in [1.29, 1.82) is 0 Å². The first-order valence-corrected chi connectivity index (χ1v) is 9.57. The molecule has 4 rings (SSSR count). The van der Waals surface area contributed by atoms with Crippen LogP contribution in [0.4, 0.5) is 0 Å². The number of carboxylic acid groups (broad SMARTS) is 1. The number of aryl methyl sites for hydroxylation is 1. The van der Waals surface area contributed by atoms with Gasteiger partial charge in [-0.05, 0) is 31.6 Å². The van der Waals surface area contributed by atoms with Crippen molar-refractivity contribution in [3.8, 4) is 0 Å². The van der Waals surface area contributed by atoms with Crippen molar-refractivity contribution in [2.24, 2.45) is 18.4 Å². The maximum absolute atomic E-state index is 11.9. The largest absolute Gasteiger partial charge is 0.481 e. The summed E-state index contributed by atoms with van der Waals surface area (Å²) in [6.45, 7) is 2.52. The molecule has 2 aliphatic carbocycles. The molecule has 1 aromatic rings. The third-order valence-electron chi connectivity index (χ3n) is 6.69.